The third-order valence-electron chi connectivity index (χ3n) is 2.53. The van der Waals surface area contributed by atoms with Crippen molar-refractivity contribution in [1.29, 1.82) is 0 Å². The van der Waals surface area contributed by atoms with Crippen LogP contribution >= 0.6 is 11.3 Å². The maximum absolute atomic E-state index is 6.20. The quantitative estimate of drug-likeness (QED) is 0.883. The molecule has 0 saturated carbocycles. The molecule has 0 fully saturated rings. The number of aromatic nitrogens is 1. The molecule has 2 rings (SSSR count). The lowest BCUT2D eigenvalue weighted by atomic mass is 10.0. The molecule has 2 heterocycles. The Morgan fingerprint density at radius 3 is 2.56 bits per heavy atom. The first kappa shape index (κ1) is 11.3. The van der Waals surface area contributed by atoms with Gasteiger partial charge in [0.05, 0.1) is 0 Å². The van der Waals surface area contributed by atoms with Crippen LogP contribution in [-0.2, 0) is 6.42 Å². The molecule has 84 valence electrons. The van der Waals surface area contributed by atoms with Crippen LogP contribution in [0.2, 0.25) is 0 Å². The van der Waals surface area contributed by atoms with Gasteiger partial charge in [-0.15, -0.1) is 11.3 Å². The molecule has 0 aliphatic rings. The highest BCUT2D eigenvalue weighted by Gasteiger charge is 2.09. The first-order valence-corrected chi connectivity index (χ1v) is 6.26. The van der Waals surface area contributed by atoms with Gasteiger partial charge in [0.1, 0.15) is 0 Å². The zero-order chi connectivity index (χ0) is 11.5. The standard InChI is InChI=1S/C13H16N2S/c1-9-6-11(7-10(2)15-9)13(14)8-12-4-3-5-16-12/h3-7,13H,8,14H2,1-2H3. The summed E-state index contributed by atoms with van der Waals surface area (Å²) in [5.41, 5.74) is 9.46. The maximum atomic E-state index is 6.20. The van der Waals surface area contributed by atoms with Gasteiger partial charge >= 0.3 is 0 Å². The predicted molar refractivity (Wildman–Crippen MR) is 68.7 cm³/mol. The summed E-state index contributed by atoms with van der Waals surface area (Å²) in [5.74, 6) is 0. The summed E-state index contributed by atoms with van der Waals surface area (Å²) in [6.45, 7) is 4.02. The second-order valence-corrected chi connectivity index (χ2v) is 5.11. The molecule has 3 heteroatoms. The van der Waals surface area contributed by atoms with Crippen molar-refractivity contribution in [1.82, 2.24) is 4.98 Å². The van der Waals surface area contributed by atoms with Crippen LogP contribution in [0.15, 0.2) is 29.6 Å². The Kier molecular flexibility index (Phi) is 3.36. The molecule has 0 radical (unpaired) electrons. The van der Waals surface area contributed by atoms with Gasteiger partial charge in [0.2, 0.25) is 0 Å². The minimum atomic E-state index is 0.0686. The van der Waals surface area contributed by atoms with E-state index < -0.39 is 0 Å². The molecule has 1 atom stereocenters. The van der Waals surface area contributed by atoms with Crippen molar-refractivity contribution in [3.8, 4) is 0 Å². The number of thiophene rings is 1. The van der Waals surface area contributed by atoms with Crippen LogP contribution in [0.25, 0.3) is 0 Å². The smallest absolute Gasteiger partial charge is 0.0379 e. The van der Waals surface area contributed by atoms with Gasteiger partial charge < -0.3 is 5.73 Å². The van der Waals surface area contributed by atoms with E-state index in [1.807, 2.05) is 13.8 Å². The van der Waals surface area contributed by atoms with Crippen LogP contribution in [0, 0.1) is 13.8 Å². The summed E-state index contributed by atoms with van der Waals surface area (Å²) >= 11 is 1.76. The van der Waals surface area contributed by atoms with E-state index in [0.29, 0.717) is 0 Å². The van der Waals surface area contributed by atoms with Crippen molar-refractivity contribution in [3.63, 3.8) is 0 Å². The number of aryl methyl sites for hydroxylation is 2. The number of pyridine rings is 1. The summed E-state index contributed by atoms with van der Waals surface area (Å²) < 4.78 is 0. The Morgan fingerprint density at radius 1 is 1.31 bits per heavy atom. The molecule has 2 aromatic heterocycles. The lowest BCUT2D eigenvalue weighted by Gasteiger charge is -2.12. The molecule has 0 amide bonds. The van der Waals surface area contributed by atoms with Gasteiger partial charge in [0.15, 0.2) is 0 Å². The van der Waals surface area contributed by atoms with E-state index in [9.17, 15) is 0 Å². The van der Waals surface area contributed by atoms with Gasteiger partial charge in [-0.05, 0) is 43.0 Å². The van der Waals surface area contributed by atoms with E-state index in [1.165, 1.54) is 10.4 Å². The Bertz CT molecular complexity index is 443. The fourth-order valence-electron chi connectivity index (χ4n) is 1.84. The van der Waals surface area contributed by atoms with Crippen molar-refractivity contribution in [2.24, 2.45) is 5.73 Å². The van der Waals surface area contributed by atoms with Gasteiger partial charge in [-0.2, -0.15) is 0 Å². The SMILES string of the molecule is Cc1cc(C(N)Cc2cccs2)cc(C)n1. The monoisotopic (exact) mass is 232 g/mol. The van der Waals surface area contributed by atoms with Gasteiger partial charge in [-0.25, -0.2) is 0 Å². The molecule has 0 saturated heterocycles. The third-order valence-corrected chi connectivity index (χ3v) is 3.43. The van der Waals surface area contributed by atoms with E-state index in [4.69, 9.17) is 5.73 Å². The van der Waals surface area contributed by atoms with E-state index in [-0.39, 0.29) is 6.04 Å². The van der Waals surface area contributed by atoms with E-state index in [1.54, 1.807) is 11.3 Å². The number of hydrogen-bond acceptors (Lipinski definition) is 3. The van der Waals surface area contributed by atoms with Crippen LogP contribution in [0.3, 0.4) is 0 Å². The van der Waals surface area contributed by atoms with Crippen LogP contribution in [0.1, 0.15) is 27.9 Å². The molecule has 0 aromatic carbocycles. The predicted octanol–water partition coefficient (Wildman–Crippen LogP) is 3.00. The lowest BCUT2D eigenvalue weighted by molar-refractivity contribution is 0.725. The second kappa shape index (κ2) is 4.76. The number of rotatable bonds is 3. The van der Waals surface area contributed by atoms with Gasteiger partial charge in [0.25, 0.3) is 0 Å². The Labute approximate surface area is 100 Å². The Hall–Kier alpha value is -1.19. The first-order valence-electron chi connectivity index (χ1n) is 5.38. The van der Waals surface area contributed by atoms with E-state index >= 15 is 0 Å². The average Bonchev–Trinajstić information content (AvgIpc) is 2.68. The molecule has 0 aliphatic heterocycles. The van der Waals surface area contributed by atoms with Crippen molar-refractivity contribution in [2.45, 2.75) is 26.3 Å². The van der Waals surface area contributed by atoms with Crippen LogP contribution in [0.4, 0.5) is 0 Å². The fourth-order valence-corrected chi connectivity index (χ4v) is 2.61. The summed E-state index contributed by atoms with van der Waals surface area (Å²) in [6, 6.07) is 8.41. The molecular weight excluding hydrogens is 216 g/mol. The second-order valence-electron chi connectivity index (χ2n) is 4.07. The summed E-state index contributed by atoms with van der Waals surface area (Å²) in [5, 5.41) is 2.09. The molecular formula is C13H16N2S. The molecule has 0 aliphatic carbocycles. The molecule has 0 spiro atoms. The minimum absolute atomic E-state index is 0.0686. The van der Waals surface area contributed by atoms with Crippen molar-refractivity contribution < 1.29 is 0 Å². The Morgan fingerprint density at radius 2 is 2.00 bits per heavy atom. The third kappa shape index (κ3) is 2.68. The highest BCUT2D eigenvalue weighted by Crippen LogP contribution is 2.20. The van der Waals surface area contributed by atoms with Crippen LogP contribution in [0.5, 0.6) is 0 Å². The van der Waals surface area contributed by atoms with Crippen molar-refractivity contribution in [2.75, 3.05) is 0 Å². The normalized spacial score (nSPS) is 12.7. The zero-order valence-corrected chi connectivity index (χ0v) is 10.4. The summed E-state index contributed by atoms with van der Waals surface area (Å²) in [4.78, 5) is 5.69. The number of nitrogens with zero attached hydrogens (tertiary/aromatic N) is 1. The van der Waals surface area contributed by atoms with Crippen LogP contribution in [-0.4, -0.2) is 4.98 Å². The summed E-state index contributed by atoms with van der Waals surface area (Å²) in [6.07, 6.45) is 0.903. The lowest BCUT2D eigenvalue weighted by Crippen LogP contribution is -2.13. The molecule has 16 heavy (non-hydrogen) atoms. The topological polar surface area (TPSA) is 38.9 Å². The number of hydrogen-bond donors (Lipinski definition) is 1. The minimum Gasteiger partial charge on any atom is -0.324 e. The van der Waals surface area contributed by atoms with Gasteiger partial charge in [-0.1, -0.05) is 6.07 Å². The van der Waals surface area contributed by atoms with E-state index in [2.05, 4.69) is 34.6 Å². The highest BCUT2D eigenvalue weighted by atomic mass is 32.1. The Balaban J connectivity index is 2.17. The van der Waals surface area contributed by atoms with Gasteiger partial charge in [-0.3, -0.25) is 4.98 Å². The molecule has 2 N–H and O–H groups in total. The van der Waals surface area contributed by atoms with E-state index in [0.717, 1.165) is 17.8 Å². The first-order chi connectivity index (χ1) is 7.65. The molecule has 2 nitrogen and oxygen atoms in total. The van der Waals surface area contributed by atoms with Crippen molar-refractivity contribution in [3.05, 3.63) is 51.5 Å². The molecule has 2 aromatic rings. The van der Waals surface area contributed by atoms with Crippen molar-refractivity contribution >= 4 is 11.3 Å². The highest BCUT2D eigenvalue weighted by molar-refractivity contribution is 7.09. The zero-order valence-electron chi connectivity index (χ0n) is 9.60. The number of nitrogens with two attached hydrogens (primary N) is 1. The summed E-state index contributed by atoms with van der Waals surface area (Å²) in [7, 11) is 0. The fraction of sp³-hybridized carbons (Fsp3) is 0.308. The average molecular weight is 232 g/mol. The maximum Gasteiger partial charge on any atom is 0.0379 e. The largest absolute Gasteiger partial charge is 0.324 e. The molecule has 0 bridgehead atoms. The molecule has 1 unspecified atom stereocenters. The van der Waals surface area contributed by atoms with Gasteiger partial charge in [0, 0.05) is 28.7 Å². The van der Waals surface area contributed by atoms with Crippen LogP contribution < -0.4 is 5.73 Å².